The van der Waals surface area contributed by atoms with Crippen molar-refractivity contribution in [2.24, 2.45) is 0 Å². The zero-order valence-electron chi connectivity index (χ0n) is 9.02. The molecule has 0 aliphatic heterocycles. The third-order valence-corrected chi connectivity index (χ3v) is 3.76. The van der Waals surface area contributed by atoms with Crippen molar-refractivity contribution in [2.45, 2.75) is 32.0 Å². The Labute approximate surface area is 93.7 Å². The first-order valence-electron chi connectivity index (χ1n) is 4.64. The third-order valence-electron chi connectivity index (χ3n) is 2.77. The Hall–Kier alpha value is -0.630. The molecule has 0 heterocycles. The monoisotopic (exact) mass is 254 g/mol. The molecule has 1 aromatic rings. The van der Waals surface area contributed by atoms with Crippen molar-refractivity contribution in [3.63, 3.8) is 0 Å². The van der Waals surface area contributed by atoms with Gasteiger partial charge in [-0.3, -0.25) is 4.79 Å². The van der Waals surface area contributed by atoms with Gasteiger partial charge < -0.3 is 0 Å². The zero-order chi connectivity index (χ0) is 10.9. The molecule has 1 rings (SSSR count). The van der Waals surface area contributed by atoms with Crippen molar-refractivity contribution in [1.29, 1.82) is 0 Å². The minimum absolute atomic E-state index is 0.131. The summed E-state index contributed by atoms with van der Waals surface area (Å²) in [7, 11) is 0. The Balaban J connectivity index is 3.33. The lowest BCUT2D eigenvalue weighted by Gasteiger charge is -2.22. The van der Waals surface area contributed by atoms with Crippen LogP contribution in [0.15, 0.2) is 18.2 Å². The molecule has 0 saturated carbocycles. The van der Waals surface area contributed by atoms with Crippen molar-refractivity contribution < 1.29 is 4.79 Å². The van der Waals surface area contributed by atoms with Crippen LogP contribution in [0, 0.1) is 13.8 Å². The fourth-order valence-corrected chi connectivity index (χ4v) is 1.88. The van der Waals surface area contributed by atoms with Gasteiger partial charge in [-0.2, -0.15) is 0 Å². The van der Waals surface area contributed by atoms with E-state index in [1.165, 1.54) is 11.1 Å². The van der Waals surface area contributed by atoms with Crippen molar-refractivity contribution in [3.8, 4) is 0 Å². The quantitative estimate of drug-likeness (QED) is 0.739. The second-order valence-corrected chi connectivity index (χ2v) is 5.39. The van der Waals surface area contributed by atoms with Crippen molar-refractivity contribution in [3.05, 3.63) is 34.9 Å². The Morgan fingerprint density at radius 1 is 1.36 bits per heavy atom. The summed E-state index contributed by atoms with van der Waals surface area (Å²) in [5.41, 5.74) is 3.46. The average molecular weight is 255 g/mol. The maximum atomic E-state index is 11.5. The number of halogens is 1. The minimum Gasteiger partial charge on any atom is -0.298 e. The van der Waals surface area contributed by atoms with Crippen molar-refractivity contribution >= 4 is 21.7 Å². The van der Waals surface area contributed by atoms with Gasteiger partial charge >= 0.3 is 0 Å². The molecule has 76 valence electrons. The van der Waals surface area contributed by atoms with Crippen LogP contribution in [0.4, 0.5) is 0 Å². The van der Waals surface area contributed by atoms with Gasteiger partial charge in [0.25, 0.3) is 0 Å². The van der Waals surface area contributed by atoms with Gasteiger partial charge in [0.2, 0.25) is 0 Å². The highest BCUT2D eigenvalue weighted by Gasteiger charge is 2.29. The Morgan fingerprint density at radius 2 is 1.93 bits per heavy atom. The number of carbonyl (C=O) groups is 1. The molecular formula is C12H15BrO. The second kappa shape index (κ2) is 3.85. The fraction of sp³-hybridized carbons (Fsp3) is 0.417. The molecule has 0 N–H and O–H groups in total. The number of carbonyl (C=O) groups excluding carboxylic acids is 1. The van der Waals surface area contributed by atoms with Crippen molar-refractivity contribution in [1.82, 2.24) is 0 Å². The molecule has 0 amide bonds. The average Bonchev–Trinajstić information content (AvgIpc) is 2.09. The molecule has 1 aromatic carbocycles. The summed E-state index contributed by atoms with van der Waals surface area (Å²) in [6.07, 6.45) is 0. The molecule has 1 unspecified atom stereocenters. The predicted molar refractivity (Wildman–Crippen MR) is 62.9 cm³/mol. The molecule has 0 saturated heterocycles. The molecule has 2 heteroatoms. The highest BCUT2D eigenvalue weighted by molar-refractivity contribution is 9.10. The van der Waals surface area contributed by atoms with Gasteiger partial charge in [0.15, 0.2) is 5.78 Å². The van der Waals surface area contributed by atoms with E-state index in [0.29, 0.717) is 0 Å². The molecule has 0 fully saturated rings. The van der Waals surface area contributed by atoms with E-state index in [-0.39, 0.29) is 5.78 Å². The van der Waals surface area contributed by atoms with Gasteiger partial charge in [-0.15, -0.1) is 0 Å². The summed E-state index contributed by atoms with van der Waals surface area (Å²) < 4.78 is -0.552. The van der Waals surface area contributed by atoms with Crippen LogP contribution >= 0.6 is 15.9 Å². The number of benzene rings is 1. The molecule has 1 nitrogen and oxygen atoms in total. The Bertz CT molecular complexity index is 367. The summed E-state index contributed by atoms with van der Waals surface area (Å²) in [5.74, 6) is 0.131. The topological polar surface area (TPSA) is 17.1 Å². The van der Waals surface area contributed by atoms with E-state index in [9.17, 15) is 4.79 Å². The third kappa shape index (κ3) is 1.90. The Kier molecular flexibility index (Phi) is 3.15. The van der Waals surface area contributed by atoms with E-state index in [2.05, 4.69) is 28.9 Å². The largest absolute Gasteiger partial charge is 0.298 e. The number of aryl methyl sites for hydroxylation is 1. The SMILES string of the molecule is CC(=O)C(C)(Br)c1cccc(C)c1C. The lowest BCUT2D eigenvalue weighted by Crippen LogP contribution is -2.24. The molecule has 0 spiro atoms. The minimum atomic E-state index is -0.552. The van der Waals surface area contributed by atoms with Crippen LogP contribution in [0.1, 0.15) is 30.5 Å². The van der Waals surface area contributed by atoms with Crippen LogP contribution in [0.5, 0.6) is 0 Å². The first-order chi connectivity index (χ1) is 6.37. The van der Waals surface area contributed by atoms with Crippen LogP contribution in [0.3, 0.4) is 0 Å². The normalized spacial score (nSPS) is 14.9. The molecule has 0 aliphatic carbocycles. The summed E-state index contributed by atoms with van der Waals surface area (Å²) in [6.45, 7) is 7.61. The summed E-state index contributed by atoms with van der Waals surface area (Å²) in [4.78, 5) is 11.5. The summed E-state index contributed by atoms with van der Waals surface area (Å²) in [6, 6.07) is 6.04. The summed E-state index contributed by atoms with van der Waals surface area (Å²) >= 11 is 3.49. The van der Waals surface area contributed by atoms with E-state index in [1.54, 1.807) is 6.92 Å². The first-order valence-corrected chi connectivity index (χ1v) is 5.43. The van der Waals surface area contributed by atoms with Gasteiger partial charge in [-0.25, -0.2) is 0 Å². The van der Waals surface area contributed by atoms with Crippen LogP contribution in [0.25, 0.3) is 0 Å². The standard InChI is InChI=1S/C12H15BrO/c1-8-6-5-7-11(9(8)2)12(4,13)10(3)14/h5-7H,1-4H3. The predicted octanol–water partition coefficient (Wildman–Crippen LogP) is 3.50. The van der Waals surface area contributed by atoms with E-state index < -0.39 is 4.32 Å². The Morgan fingerprint density at radius 3 is 2.43 bits per heavy atom. The van der Waals surface area contributed by atoms with Gasteiger partial charge in [-0.1, -0.05) is 34.1 Å². The van der Waals surface area contributed by atoms with Gasteiger partial charge in [-0.05, 0) is 44.4 Å². The number of ketones is 1. The molecule has 0 aliphatic rings. The molecule has 0 bridgehead atoms. The smallest absolute Gasteiger partial charge is 0.150 e. The molecule has 0 aromatic heterocycles. The second-order valence-electron chi connectivity index (χ2n) is 3.81. The fourth-order valence-electron chi connectivity index (χ4n) is 1.45. The number of alkyl halides is 1. The van der Waals surface area contributed by atoms with Crippen LogP contribution in [0.2, 0.25) is 0 Å². The zero-order valence-corrected chi connectivity index (χ0v) is 10.6. The van der Waals surface area contributed by atoms with Gasteiger partial charge in [0.1, 0.15) is 4.32 Å². The summed E-state index contributed by atoms with van der Waals surface area (Å²) in [5, 5.41) is 0. The van der Waals surface area contributed by atoms with Gasteiger partial charge in [0, 0.05) is 0 Å². The molecule has 14 heavy (non-hydrogen) atoms. The maximum Gasteiger partial charge on any atom is 0.150 e. The van der Waals surface area contributed by atoms with E-state index in [4.69, 9.17) is 0 Å². The lowest BCUT2D eigenvalue weighted by atomic mass is 9.91. The van der Waals surface area contributed by atoms with Crippen LogP contribution in [-0.2, 0) is 9.12 Å². The number of hydrogen-bond donors (Lipinski definition) is 0. The number of Topliss-reactive ketones (excluding diaryl/α,β-unsaturated/α-hetero) is 1. The number of rotatable bonds is 2. The maximum absolute atomic E-state index is 11.5. The van der Waals surface area contributed by atoms with Crippen LogP contribution in [-0.4, -0.2) is 5.78 Å². The van der Waals surface area contributed by atoms with E-state index in [1.807, 2.05) is 26.0 Å². The van der Waals surface area contributed by atoms with E-state index >= 15 is 0 Å². The van der Waals surface area contributed by atoms with Gasteiger partial charge in [0.05, 0.1) is 0 Å². The lowest BCUT2D eigenvalue weighted by molar-refractivity contribution is -0.118. The highest BCUT2D eigenvalue weighted by atomic mass is 79.9. The van der Waals surface area contributed by atoms with Crippen molar-refractivity contribution in [2.75, 3.05) is 0 Å². The first kappa shape index (κ1) is 11.4. The molecule has 1 atom stereocenters. The van der Waals surface area contributed by atoms with E-state index in [0.717, 1.165) is 5.56 Å². The molecular weight excluding hydrogens is 240 g/mol. The highest BCUT2D eigenvalue weighted by Crippen LogP contribution is 2.34. The number of hydrogen-bond acceptors (Lipinski definition) is 1. The molecule has 0 radical (unpaired) electrons. The van der Waals surface area contributed by atoms with Crippen LogP contribution < -0.4 is 0 Å².